The summed E-state index contributed by atoms with van der Waals surface area (Å²) in [5.74, 6) is 8.08. The number of aromatic nitrogens is 2. The first kappa shape index (κ1) is 10.6. The number of nitrogens with zero attached hydrogens (tertiary/aromatic N) is 2. The minimum atomic E-state index is 0.197. The van der Waals surface area contributed by atoms with Crippen LogP contribution in [-0.2, 0) is 7.05 Å². The van der Waals surface area contributed by atoms with Gasteiger partial charge in [-0.25, -0.2) is 10.4 Å². The van der Waals surface area contributed by atoms with Crippen molar-refractivity contribution in [2.45, 2.75) is 32.2 Å². The molecular weight excluding hydrogens is 188 g/mol. The van der Waals surface area contributed by atoms with E-state index in [1.54, 1.807) is 0 Å². The molecule has 1 aromatic heterocycles. The van der Waals surface area contributed by atoms with Gasteiger partial charge in [-0.15, -0.1) is 0 Å². The number of hydrogen-bond acceptors (Lipinski definition) is 3. The normalized spacial score (nSPS) is 28.2. The third-order valence-corrected chi connectivity index (χ3v) is 3.67. The first-order valence-electron chi connectivity index (χ1n) is 5.67. The maximum absolute atomic E-state index is 5.67. The Labute approximate surface area is 90.8 Å². The molecule has 3 atom stereocenters. The van der Waals surface area contributed by atoms with Crippen LogP contribution in [0.15, 0.2) is 12.4 Å². The Bertz CT molecular complexity index is 320. The van der Waals surface area contributed by atoms with E-state index in [9.17, 15) is 0 Å². The van der Waals surface area contributed by atoms with Crippen molar-refractivity contribution in [3.63, 3.8) is 0 Å². The second-order valence-electron chi connectivity index (χ2n) is 4.61. The van der Waals surface area contributed by atoms with Crippen LogP contribution in [0.1, 0.15) is 38.1 Å². The summed E-state index contributed by atoms with van der Waals surface area (Å²) in [7, 11) is 2.02. The highest BCUT2D eigenvalue weighted by Crippen LogP contribution is 2.38. The molecule has 1 aromatic rings. The van der Waals surface area contributed by atoms with Gasteiger partial charge in [-0.3, -0.25) is 5.84 Å². The van der Waals surface area contributed by atoms with Gasteiger partial charge in [-0.05, 0) is 18.3 Å². The summed E-state index contributed by atoms with van der Waals surface area (Å²) < 4.78 is 2.05. The smallest absolute Gasteiger partial charge is 0.127 e. The van der Waals surface area contributed by atoms with Crippen LogP contribution in [0.5, 0.6) is 0 Å². The molecule has 0 radical (unpaired) electrons. The Kier molecular flexibility index (Phi) is 3.07. The lowest BCUT2D eigenvalue weighted by molar-refractivity contribution is 0.290. The van der Waals surface area contributed by atoms with Gasteiger partial charge >= 0.3 is 0 Å². The average molecular weight is 208 g/mol. The summed E-state index contributed by atoms with van der Waals surface area (Å²) in [5, 5.41) is 0. The standard InChI is InChI=1S/C11H20N4/c1-8-4-3-5-9(8)10(14-12)11-13-6-7-15(11)2/h6-10,14H,3-5,12H2,1-2H3. The van der Waals surface area contributed by atoms with E-state index in [2.05, 4.69) is 21.9 Å². The van der Waals surface area contributed by atoms with Crippen LogP contribution < -0.4 is 11.3 Å². The van der Waals surface area contributed by atoms with Gasteiger partial charge in [0, 0.05) is 19.4 Å². The van der Waals surface area contributed by atoms with Crippen molar-refractivity contribution in [1.82, 2.24) is 15.0 Å². The highest BCUT2D eigenvalue weighted by atomic mass is 15.3. The number of hydrogen-bond donors (Lipinski definition) is 2. The molecule has 15 heavy (non-hydrogen) atoms. The maximum atomic E-state index is 5.67. The van der Waals surface area contributed by atoms with Crippen LogP contribution in [-0.4, -0.2) is 9.55 Å². The number of rotatable bonds is 3. The van der Waals surface area contributed by atoms with Crippen LogP contribution in [0.2, 0.25) is 0 Å². The topological polar surface area (TPSA) is 55.9 Å². The van der Waals surface area contributed by atoms with Gasteiger partial charge in [0.05, 0.1) is 6.04 Å². The zero-order valence-electron chi connectivity index (χ0n) is 9.48. The fourth-order valence-electron chi connectivity index (χ4n) is 2.74. The Hall–Kier alpha value is -0.870. The number of nitrogens with two attached hydrogens (primary N) is 1. The van der Waals surface area contributed by atoms with Crippen molar-refractivity contribution in [1.29, 1.82) is 0 Å². The molecule has 2 rings (SSSR count). The summed E-state index contributed by atoms with van der Waals surface area (Å²) >= 11 is 0. The van der Waals surface area contributed by atoms with E-state index in [1.807, 2.05) is 19.4 Å². The zero-order chi connectivity index (χ0) is 10.8. The number of imidazole rings is 1. The third-order valence-electron chi connectivity index (χ3n) is 3.67. The van der Waals surface area contributed by atoms with Crippen LogP contribution >= 0.6 is 0 Å². The van der Waals surface area contributed by atoms with E-state index < -0.39 is 0 Å². The lowest BCUT2D eigenvalue weighted by Gasteiger charge is -2.25. The molecule has 4 heteroatoms. The van der Waals surface area contributed by atoms with Gasteiger partial charge < -0.3 is 4.57 Å². The molecule has 0 aliphatic heterocycles. The van der Waals surface area contributed by atoms with Crippen molar-refractivity contribution in [3.8, 4) is 0 Å². The predicted octanol–water partition coefficient (Wildman–Crippen LogP) is 1.36. The molecule has 1 saturated carbocycles. The molecular formula is C11H20N4. The Morgan fingerprint density at radius 3 is 2.87 bits per heavy atom. The number of hydrazine groups is 1. The van der Waals surface area contributed by atoms with E-state index >= 15 is 0 Å². The second-order valence-corrected chi connectivity index (χ2v) is 4.61. The summed E-state index contributed by atoms with van der Waals surface area (Å²) in [4.78, 5) is 4.39. The first-order chi connectivity index (χ1) is 7.24. The summed E-state index contributed by atoms with van der Waals surface area (Å²) in [6, 6.07) is 0.197. The van der Waals surface area contributed by atoms with E-state index in [4.69, 9.17) is 5.84 Å². The van der Waals surface area contributed by atoms with Crippen molar-refractivity contribution < 1.29 is 0 Å². The SMILES string of the molecule is CC1CCCC1C(NN)c1nccn1C. The first-order valence-corrected chi connectivity index (χ1v) is 5.67. The van der Waals surface area contributed by atoms with Gasteiger partial charge in [-0.1, -0.05) is 19.8 Å². The monoisotopic (exact) mass is 208 g/mol. The van der Waals surface area contributed by atoms with Crippen LogP contribution in [0.4, 0.5) is 0 Å². The van der Waals surface area contributed by atoms with Gasteiger partial charge in [0.25, 0.3) is 0 Å². The van der Waals surface area contributed by atoms with Gasteiger partial charge in [0.1, 0.15) is 5.82 Å². The Morgan fingerprint density at radius 1 is 1.60 bits per heavy atom. The molecule has 1 heterocycles. The zero-order valence-corrected chi connectivity index (χ0v) is 9.48. The summed E-state index contributed by atoms with van der Waals surface area (Å²) in [6.45, 7) is 2.31. The van der Waals surface area contributed by atoms with Crippen molar-refractivity contribution in [2.75, 3.05) is 0 Å². The Morgan fingerprint density at radius 2 is 2.40 bits per heavy atom. The molecule has 1 aliphatic rings. The average Bonchev–Trinajstić information content (AvgIpc) is 2.80. The molecule has 84 valence electrons. The Balaban J connectivity index is 2.20. The van der Waals surface area contributed by atoms with Gasteiger partial charge in [0.15, 0.2) is 0 Å². The summed E-state index contributed by atoms with van der Waals surface area (Å²) in [5.41, 5.74) is 2.93. The molecule has 0 aromatic carbocycles. The third kappa shape index (κ3) is 1.92. The van der Waals surface area contributed by atoms with Crippen molar-refractivity contribution >= 4 is 0 Å². The quantitative estimate of drug-likeness (QED) is 0.582. The lowest BCUT2D eigenvalue weighted by Crippen LogP contribution is -2.36. The lowest BCUT2D eigenvalue weighted by atomic mass is 9.90. The van der Waals surface area contributed by atoms with E-state index in [0.29, 0.717) is 5.92 Å². The fraction of sp³-hybridized carbons (Fsp3) is 0.727. The molecule has 0 spiro atoms. The van der Waals surface area contributed by atoms with Gasteiger partial charge in [-0.2, -0.15) is 0 Å². The van der Waals surface area contributed by atoms with Gasteiger partial charge in [0.2, 0.25) is 0 Å². The predicted molar refractivity (Wildman–Crippen MR) is 59.8 cm³/mol. The molecule has 3 N–H and O–H groups in total. The van der Waals surface area contributed by atoms with Crippen LogP contribution in [0, 0.1) is 11.8 Å². The largest absolute Gasteiger partial charge is 0.337 e. The minimum Gasteiger partial charge on any atom is -0.337 e. The molecule has 4 nitrogen and oxygen atoms in total. The molecule has 0 saturated heterocycles. The van der Waals surface area contributed by atoms with E-state index in [-0.39, 0.29) is 6.04 Å². The molecule has 1 fully saturated rings. The van der Waals surface area contributed by atoms with Crippen LogP contribution in [0.25, 0.3) is 0 Å². The van der Waals surface area contributed by atoms with Crippen molar-refractivity contribution in [3.05, 3.63) is 18.2 Å². The highest BCUT2D eigenvalue weighted by Gasteiger charge is 2.33. The molecule has 0 amide bonds. The number of nitrogens with one attached hydrogen (secondary N) is 1. The highest BCUT2D eigenvalue weighted by molar-refractivity contribution is 5.02. The second kappa shape index (κ2) is 4.33. The molecule has 0 bridgehead atoms. The fourth-order valence-corrected chi connectivity index (χ4v) is 2.74. The number of aryl methyl sites for hydroxylation is 1. The van der Waals surface area contributed by atoms with E-state index in [0.717, 1.165) is 11.7 Å². The minimum absolute atomic E-state index is 0.197. The van der Waals surface area contributed by atoms with Crippen molar-refractivity contribution in [2.24, 2.45) is 24.7 Å². The van der Waals surface area contributed by atoms with Crippen LogP contribution in [0.3, 0.4) is 0 Å². The van der Waals surface area contributed by atoms with E-state index in [1.165, 1.54) is 19.3 Å². The molecule has 1 aliphatic carbocycles. The summed E-state index contributed by atoms with van der Waals surface area (Å²) in [6.07, 6.45) is 7.68. The molecule has 3 unspecified atom stereocenters. The maximum Gasteiger partial charge on any atom is 0.127 e.